The van der Waals surface area contributed by atoms with Gasteiger partial charge in [0.15, 0.2) is 17.3 Å². The van der Waals surface area contributed by atoms with Crippen LogP contribution in [0.4, 0.5) is 21.6 Å². The average molecular weight is 580 g/mol. The fourth-order valence-electron chi connectivity index (χ4n) is 5.60. The topological polar surface area (TPSA) is 141 Å². The van der Waals surface area contributed by atoms with E-state index in [0.29, 0.717) is 59.4 Å². The number of benzene rings is 2. The maximum absolute atomic E-state index is 14.2. The number of carbonyl (C=O) groups is 1. The molecule has 5 N–H and O–H groups in total. The number of hydrogen-bond acceptors (Lipinski definition) is 8. The van der Waals surface area contributed by atoms with E-state index < -0.39 is 5.91 Å². The summed E-state index contributed by atoms with van der Waals surface area (Å²) in [6.45, 7) is 3.02. The first-order chi connectivity index (χ1) is 20.4. The fourth-order valence-corrected chi connectivity index (χ4v) is 5.60. The Morgan fingerprint density at radius 2 is 2.12 bits per heavy atom. The molecular weight excluding hydrogens is 541 g/mol. The number of amides is 1. The van der Waals surface area contributed by atoms with Crippen molar-refractivity contribution in [2.75, 3.05) is 50.3 Å². The zero-order valence-corrected chi connectivity index (χ0v) is 23.8. The largest absolute Gasteiger partial charge is 0.493 e. The molecule has 2 aliphatic heterocycles. The zero-order valence-electron chi connectivity index (χ0n) is 23.8. The molecule has 0 radical (unpaired) electrons. The number of methoxy groups -OCH3 is 1. The van der Waals surface area contributed by atoms with Gasteiger partial charge >= 0.3 is 0 Å². The molecule has 0 spiro atoms. The summed E-state index contributed by atoms with van der Waals surface area (Å²) in [5.74, 6) is 1.18. The normalized spacial score (nSPS) is 18.0. The van der Waals surface area contributed by atoms with Crippen LogP contribution in [0.25, 0.3) is 0 Å². The number of ether oxygens (including phenoxy) is 2. The molecule has 1 amide bonds. The smallest absolute Gasteiger partial charge is 0.223 e. The van der Waals surface area contributed by atoms with Crippen LogP contribution in [0.3, 0.4) is 0 Å². The number of aliphatic hydroxyl groups is 1. The number of aliphatic imine (C=N–C) groups is 1. The van der Waals surface area contributed by atoms with Crippen LogP contribution in [0.5, 0.6) is 11.5 Å². The maximum atomic E-state index is 14.2. The van der Waals surface area contributed by atoms with Gasteiger partial charge in [0, 0.05) is 48.3 Å². The average Bonchev–Trinajstić information content (AvgIpc) is 3.42. The molecule has 3 aromatic rings. The van der Waals surface area contributed by atoms with Gasteiger partial charge in [-0.25, -0.2) is 9.38 Å². The molecule has 2 aromatic carbocycles. The number of aromatic amines is 1. The second-order valence-corrected chi connectivity index (χ2v) is 10.5. The van der Waals surface area contributed by atoms with Gasteiger partial charge < -0.3 is 35.4 Å². The SMILES string of the molecule is COc1cc2c(cc1OCCCN1CCCCC1CCO)NCN(c1cccc(F)c1)C2=Nc1cc(CC(N)=O)[nH]n1. The fraction of sp³-hybridized carbons (Fsp3) is 0.433. The highest BCUT2D eigenvalue weighted by Crippen LogP contribution is 2.38. The van der Waals surface area contributed by atoms with E-state index in [-0.39, 0.29) is 18.8 Å². The molecule has 12 heteroatoms. The van der Waals surface area contributed by atoms with Gasteiger partial charge in [0.1, 0.15) is 11.7 Å². The van der Waals surface area contributed by atoms with Crippen molar-refractivity contribution in [1.82, 2.24) is 15.1 Å². The summed E-state index contributed by atoms with van der Waals surface area (Å²) in [7, 11) is 1.59. The molecule has 3 heterocycles. The Morgan fingerprint density at radius 1 is 1.24 bits per heavy atom. The first-order valence-corrected chi connectivity index (χ1v) is 14.3. The van der Waals surface area contributed by atoms with Crippen molar-refractivity contribution < 1.29 is 23.8 Å². The van der Waals surface area contributed by atoms with Crippen molar-refractivity contribution in [3.63, 3.8) is 0 Å². The van der Waals surface area contributed by atoms with E-state index in [0.717, 1.165) is 38.0 Å². The third kappa shape index (κ3) is 7.00. The maximum Gasteiger partial charge on any atom is 0.223 e. The minimum Gasteiger partial charge on any atom is -0.493 e. The van der Waals surface area contributed by atoms with E-state index in [1.807, 2.05) is 17.0 Å². The monoisotopic (exact) mass is 579 g/mol. The number of amidine groups is 1. The highest BCUT2D eigenvalue weighted by atomic mass is 19.1. The van der Waals surface area contributed by atoms with E-state index in [1.54, 1.807) is 25.3 Å². The zero-order chi connectivity index (χ0) is 29.5. The van der Waals surface area contributed by atoms with Gasteiger partial charge in [-0.15, -0.1) is 0 Å². The van der Waals surface area contributed by atoms with Gasteiger partial charge in [0.25, 0.3) is 0 Å². The number of aliphatic hydroxyl groups excluding tert-OH is 1. The number of carbonyl (C=O) groups excluding carboxylic acids is 1. The first-order valence-electron chi connectivity index (χ1n) is 14.3. The Labute approximate surface area is 244 Å². The lowest BCUT2D eigenvalue weighted by molar-refractivity contribution is -0.117. The van der Waals surface area contributed by atoms with Gasteiger partial charge in [0.2, 0.25) is 5.91 Å². The highest BCUT2D eigenvalue weighted by Gasteiger charge is 2.27. The molecule has 0 bridgehead atoms. The number of nitrogens with zero attached hydrogens (tertiary/aromatic N) is 4. The Morgan fingerprint density at radius 3 is 2.90 bits per heavy atom. The molecule has 1 unspecified atom stereocenters. The Bertz CT molecular complexity index is 1410. The quantitative estimate of drug-likeness (QED) is 0.239. The third-order valence-corrected chi connectivity index (χ3v) is 7.61. The van der Waals surface area contributed by atoms with E-state index in [4.69, 9.17) is 20.2 Å². The number of rotatable bonds is 12. The molecule has 42 heavy (non-hydrogen) atoms. The number of halogens is 1. The number of primary amides is 1. The van der Waals surface area contributed by atoms with Crippen molar-refractivity contribution in [2.45, 2.75) is 44.6 Å². The predicted octanol–water partition coefficient (Wildman–Crippen LogP) is 3.56. The molecule has 0 saturated carbocycles. The lowest BCUT2D eigenvalue weighted by Crippen LogP contribution is -2.41. The summed E-state index contributed by atoms with van der Waals surface area (Å²) in [6.07, 6.45) is 5.21. The lowest BCUT2D eigenvalue weighted by Gasteiger charge is -2.35. The standard InChI is InChI=1S/C30H38FN7O4/c1-41-26-17-24-25(18-27(26)42-13-5-11-37-10-3-2-7-22(37)9-12-39)33-19-38(23-8-4-6-20(31)14-23)30(24)34-29-16-21(35-36-29)15-28(32)40/h4,6,8,14,16-18,22,33,39H,2-3,5,7,9-13,15,19H2,1H3,(H2,32,40)(H,35,36). The van der Waals surface area contributed by atoms with Crippen LogP contribution in [0, 0.1) is 5.82 Å². The second-order valence-electron chi connectivity index (χ2n) is 10.5. The molecule has 1 fully saturated rings. The second kappa shape index (κ2) is 13.7. The predicted molar refractivity (Wildman–Crippen MR) is 159 cm³/mol. The van der Waals surface area contributed by atoms with Crippen molar-refractivity contribution in [2.24, 2.45) is 10.7 Å². The molecule has 11 nitrogen and oxygen atoms in total. The molecule has 1 aromatic heterocycles. The number of nitrogens with one attached hydrogen (secondary N) is 2. The van der Waals surface area contributed by atoms with E-state index in [2.05, 4.69) is 20.4 Å². The van der Waals surface area contributed by atoms with E-state index >= 15 is 0 Å². The number of aromatic nitrogens is 2. The summed E-state index contributed by atoms with van der Waals surface area (Å²) in [5, 5.41) is 19.8. The summed E-state index contributed by atoms with van der Waals surface area (Å²) < 4.78 is 26.1. The summed E-state index contributed by atoms with van der Waals surface area (Å²) in [5.41, 5.74) is 7.98. The van der Waals surface area contributed by atoms with Gasteiger partial charge in [-0.2, -0.15) is 5.10 Å². The number of anilines is 2. The summed E-state index contributed by atoms with van der Waals surface area (Å²) in [4.78, 5) is 20.5. The van der Waals surface area contributed by atoms with Crippen LogP contribution < -0.4 is 25.4 Å². The number of fused-ring (bicyclic) bond motifs is 1. The van der Waals surface area contributed by atoms with Crippen molar-refractivity contribution in [3.05, 3.63) is 59.5 Å². The molecule has 224 valence electrons. The van der Waals surface area contributed by atoms with Crippen LogP contribution in [-0.4, -0.2) is 78.1 Å². The van der Waals surface area contributed by atoms with Crippen molar-refractivity contribution >= 4 is 28.9 Å². The van der Waals surface area contributed by atoms with Gasteiger partial charge in [-0.1, -0.05) is 12.5 Å². The van der Waals surface area contributed by atoms with Crippen LogP contribution in [-0.2, 0) is 11.2 Å². The highest BCUT2D eigenvalue weighted by molar-refractivity contribution is 6.16. The van der Waals surface area contributed by atoms with Gasteiger partial charge in [0.05, 0.1) is 32.5 Å². The lowest BCUT2D eigenvalue weighted by atomic mass is 9.99. The van der Waals surface area contributed by atoms with Crippen LogP contribution in [0.15, 0.2) is 47.5 Å². The number of nitrogens with two attached hydrogens (primary N) is 1. The molecule has 1 atom stereocenters. The molecule has 1 saturated heterocycles. The Hall–Kier alpha value is -4.16. The number of likely N-dealkylation sites (tertiary alicyclic amines) is 1. The molecule has 0 aliphatic carbocycles. The van der Waals surface area contributed by atoms with E-state index in [9.17, 15) is 14.3 Å². The molecule has 2 aliphatic rings. The van der Waals surface area contributed by atoms with Crippen LogP contribution >= 0.6 is 0 Å². The number of piperidine rings is 1. The van der Waals surface area contributed by atoms with Gasteiger partial charge in [-0.3, -0.25) is 9.89 Å². The number of H-pyrrole nitrogens is 1. The molecule has 5 rings (SSSR count). The third-order valence-electron chi connectivity index (χ3n) is 7.61. The van der Waals surface area contributed by atoms with Crippen LogP contribution in [0.2, 0.25) is 0 Å². The Kier molecular flexibility index (Phi) is 9.55. The molecular formula is C30H38FN7O4. The minimum absolute atomic E-state index is 0.0119. The first kappa shape index (κ1) is 29.3. The summed E-state index contributed by atoms with van der Waals surface area (Å²) in [6, 6.07) is 12.1. The van der Waals surface area contributed by atoms with Crippen molar-refractivity contribution in [1.29, 1.82) is 0 Å². The summed E-state index contributed by atoms with van der Waals surface area (Å²) >= 11 is 0. The number of hydrogen-bond donors (Lipinski definition) is 4. The van der Waals surface area contributed by atoms with Gasteiger partial charge in [-0.05, 0) is 56.5 Å². The van der Waals surface area contributed by atoms with E-state index in [1.165, 1.54) is 25.0 Å². The van der Waals surface area contributed by atoms with Crippen LogP contribution in [0.1, 0.15) is 43.4 Å². The minimum atomic E-state index is -0.482. The van der Waals surface area contributed by atoms with Crippen molar-refractivity contribution in [3.8, 4) is 11.5 Å². The Balaban J connectivity index is 1.39.